The fourth-order valence-electron chi connectivity index (χ4n) is 4.77. The Labute approximate surface area is 172 Å². The predicted molar refractivity (Wildman–Crippen MR) is 111 cm³/mol. The van der Waals surface area contributed by atoms with Gasteiger partial charge in [0.25, 0.3) is 0 Å². The lowest BCUT2D eigenvalue weighted by atomic mass is 9.77. The van der Waals surface area contributed by atoms with Gasteiger partial charge in [-0.25, -0.2) is 0 Å². The van der Waals surface area contributed by atoms with Crippen LogP contribution in [0.2, 0.25) is 0 Å². The average molecular weight is 409 g/mol. The number of nitrogens with one attached hydrogen (secondary N) is 1. The Bertz CT molecular complexity index is 699. The first kappa shape index (κ1) is 21.3. The SMILES string of the molecule is COc1cc(SC)c(OC)cc1CN1C[C@H]2C[C@@H](NC(C)=O)[C@H](OC)C[C@H]2C1. The number of benzene rings is 1. The van der Waals surface area contributed by atoms with Crippen molar-refractivity contribution in [2.45, 2.75) is 43.4 Å². The molecule has 4 atom stereocenters. The van der Waals surface area contributed by atoms with E-state index in [0.29, 0.717) is 11.8 Å². The zero-order chi connectivity index (χ0) is 20.3. The number of amides is 1. The molecule has 1 aromatic rings. The van der Waals surface area contributed by atoms with Crippen LogP contribution >= 0.6 is 11.8 Å². The molecule has 1 saturated carbocycles. The third-order valence-corrected chi connectivity index (χ3v) is 6.82. The maximum absolute atomic E-state index is 11.5. The van der Waals surface area contributed by atoms with Crippen LogP contribution in [0, 0.1) is 11.8 Å². The minimum absolute atomic E-state index is 0.0195. The van der Waals surface area contributed by atoms with Crippen molar-refractivity contribution >= 4 is 17.7 Å². The first-order chi connectivity index (χ1) is 13.5. The second kappa shape index (κ2) is 9.37. The minimum atomic E-state index is 0.0195. The molecule has 28 heavy (non-hydrogen) atoms. The van der Waals surface area contributed by atoms with E-state index in [-0.39, 0.29) is 18.1 Å². The number of rotatable bonds is 7. The Morgan fingerprint density at radius 1 is 1.14 bits per heavy atom. The number of hydrogen-bond donors (Lipinski definition) is 1. The normalized spacial score (nSPS) is 27.3. The summed E-state index contributed by atoms with van der Waals surface area (Å²) < 4.78 is 16.9. The smallest absolute Gasteiger partial charge is 0.217 e. The fraction of sp³-hybridized carbons (Fsp3) is 0.667. The van der Waals surface area contributed by atoms with Crippen molar-refractivity contribution in [1.29, 1.82) is 0 Å². The van der Waals surface area contributed by atoms with E-state index in [2.05, 4.69) is 22.3 Å². The topological polar surface area (TPSA) is 60.0 Å². The molecular weight excluding hydrogens is 376 g/mol. The van der Waals surface area contributed by atoms with Crippen LogP contribution in [0.1, 0.15) is 25.3 Å². The van der Waals surface area contributed by atoms with Gasteiger partial charge in [0.15, 0.2) is 0 Å². The van der Waals surface area contributed by atoms with Gasteiger partial charge in [0.1, 0.15) is 11.5 Å². The molecule has 2 fully saturated rings. The van der Waals surface area contributed by atoms with E-state index in [1.54, 1.807) is 40.0 Å². The molecule has 156 valence electrons. The van der Waals surface area contributed by atoms with Crippen molar-refractivity contribution in [3.8, 4) is 11.5 Å². The number of thioether (sulfide) groups is 1. The number of likely N-dealkylation sites (tertiary alicyclic amines) is 1. The van der Waals surface area contributed by atoms with Crippen LogP contribution in [-0.2, 0) is 16.1 Å². The number of fused-ring (bicyclic) bond motifs is 1. The summed E-state index contributed by atoms with van der Waals surface area (Å²) >= 11 is 1.66. The number of carbonyl (C=O) groups excluding carboxylic acids is 1. The highest BCUT2D eigenvalue weighted by Crippen LogP contribution is 2.40. The standard InChI is InChI=1S/C21H32N2O4S/c1-13(24)22-17-6-14-10-23(11-15(14)7-19(17)26-3)12-16-8-20(27-4)21(28-5)9-18(16)25-2/h8-9,14-15,17,19H,6-7,10-12H2,1-5H3,(H,22,24)/t14-,15+,17-,19-/m1/s1. The summed E-state index contributed by atoms with van der Waals surface area (Å²) in [6.45, 7) is 4.50. The molecule has 3 rings (SSSR count). The molecule has 0 spiro atoms. The minimum Gasteiger partial charge on any atom is -0.496 e. The number of ether oxygens (including phenoxy) is 3. The highest BCUT2D eigenvalue weighted by atomic mass is 32.2. The molecule has 2 aliphatic rings. The first-order valence-corrected chi connectivity index (χ1v) is 11.0. The van der Waals surface area contributed by atoms with E-state index in [9.17, 15) is 4.79 Å². The van der Waals surface area contributed by atoms with Gasteiger partial charge in [0, 0.05) is 39.2 Å². The highest BCUT2D eigenvalue weighted by molar-refractivity contribution is 7.98. The van der Waals surface area contributed by atoms with E-state index in [0.717, 1.165) is 54.4 Å². The molecule has 1 saturated heterocycles. The molecule has 1 heterocycles. The molecule has 1 N–H and O–H groups in total. The Hall–Kier alpha value is -1.44. The molecule has 0 unspecified atom stereocenters. The van der Waals surface area contributed by atoms with Gasteiger partial charge in [0.2, 0.25) is 5.91 Å². The lowest BCUT2D eigenvalue weighted by Gasteiger charge is -2.37. The molecule has 6 nitrogen and oxygen atoms in total. The van der Waals surface area contributed by atoms with Gasteiger partial charge in [0.05, 0.1) is 31.3 Å². The fourth-order valence-corrected chi connectivity index (χ4v) is 5.34. The van der Waals surface area contributed by atoms with E-state index < -0.39 is 0 Å². The van der Waals surface area contributed by atoms with Gasteiger partial charge in [-0.15, -0.1) is 11.8 Å². The van der Waals surface area contributed by atoms with Crippen molar-refractivity contribution in [2.24, 2.45) is 11.8 Å². The molecule has 7 heteroatoms. The molecule has 1 aromatic carbocycles. The number of carbonyl (C=O) groups is 1. The Morgan fingerprint density at radius 3 is 2.39 bits per heavy atom. The number of methoxy groups -OCH3 is 3. The summed E-state index contributed by atoms with van der Waals surface area (Å²) in [4.78, 5) is 15.1. The average Bonchev–Trinajstić information content (AvgIpc) is 3.07. The summed E-state index contributed by atoms with van der Waals surface area (Å²) in [6, 6.07) is 4.28. The Morgan fingerprint density at radius 2 is 1.82 bits per heavy atom. The first-order valence-electron chi connectivity index (χ1n) is 9.80. The van der Waals surface area contributed by atoms with Crippen molar-refractivity contribution in [2.75, 3.05) is 40.7 Å². The summed E-state index contributed by atoms with van der Waals surface area (Å²) in [6.07, 6.45) is 4.11. The van der Waals surface area contributed by atoms with Crippen LogP contribution in [0.4, 0.5) is 0 Å². The molecule has 1 aliphatic heterocycles. The zero-order valence-electron chi connectivity index (χ0n) is 17.5. The summed E-state index contributed by atoms with van der Waals surface area (Å²) in [5.74, 6) is 3.01. The second-order valence-corrected chi connectivity index (χ2v) is 8.63. The van der Waals surface area contributed by atoms with Crippen LogP contribution in [0.5, 0.6) is 11.5 Å². The molecule has 1 aliphatic carbocycles. The van der Waals surface area contributed by atoms with Gasteiger partial charge in [-0.05, 0) is 43.1 Å². The van der Waals surface area contributed by atoms with E-state index in [1.165, 1.54) is 0 Å². The maximum Gasteiger partial charge on any atom is 0.217 e. The maximum atomic E-state index is 11.5. The molecule has 1 amide bonds. The van der Waals surface area contributed by atoms with Crippen molar-refractivity contribution in [1.82, 2.24) is 10.2 Å². The Kier molecular flexibility index (Phi) is 7.12. The van der Waals surface area contributed by atoms with Gasteiger partial charge in [-0.3, -0.25) is 9.69 Å². The quantitative estimate of drug-likeness (QED) is 0.700. The molecular formula is C21H32N2O4S. The molecule has 0 aromatic heterocycles. The number of nitrogens with zero attached hydrogens (tertiary/aromatic N) is 1. The summed E-state index contributed by atoms with van der Waals surface area (Å²) in [5, 5.41) is 3.08. The Balaban J connectivity index is 1.72. The van der Waals surface area contributed by atoms with Crippen molar-refractivity contribution < 1.29 is 19.0 Å². The van der Waals surface area contributed by atoms with Gasteiger partial charge < -0.3 is 19.5 Å². The van der Waals surface area contributed by atoms with Crippen molar-refractivity contribution in [3.05, 3.63) is 17.7 Å². The van der Waals surface area contributed by atoms with Gasteiger partial charge in [-0.2, -0.15) is 0 Å². The molecule has 0 radical (unpaired) electrons. The van der Waals surface area contributed by atoms with Gasteiger partial charge >= 0.3 is 0 Å². The second-order valence-electron chi connectivity index (χ2n) is 7.79. The van der Waals surface area contributed by atoms with Crippen LogP contribution < -0.4 is 14.8 Å². The lowest BCUT2D eigenvalue weighted by Crippen LogP contribution is -2.49. The predicted octanol–water partition coefficient (Wildman–Crippen LogP) is 2.79. The largest absolute Gasteiger partial charge is 0.496 e. The van der Waals surface area contributed by atoms with Crippen LogP contribution in [0.3, 0.4) is 0 Å². The van der Waals surface area contributed by atoms with E-state index in [4.69, 9.17) is 14.2 Å². The zero-order valence-corrected chi connectivity index (χ0v) is 18.3. The monoisotopic (exact) mass is 408 g/mol. The van der Waals surface area contributed by atoms with Crippen LogP contribution in [-0.4, -0.2) is 63.6 Å². The summed E-state index contributed by atoms with van der Waals surface area (Å²) in [5.41, 5.74) is 1.15. The van der Waals surface area contributed by atoms with Crippen LogP contribution in [0.15, 0.2) is 17.0 Å². The highest BCUT2D eigenvalue weighted by Gasteiger charge is 2.42. The number of hydrogen-bond acceptors (Lipinski definition) is 6. The van der Waals surface area contributed by atoms with E-state index in [1.807, 2.05) is 6.26 Å². The van der Waals surface area contributed by atoms with Crippen LogP contribution in [0.25, 0.3) is 0 Å². The third kappa shape index (κ3) is 4.58. The third-order valence-electron chi connectivity index (χ3n) is 6.06. The summed E-state index contributed by atoms with van der Waals surface area (Å²) in [7, 11) is 5.18. The van der Waals surface area contributed by atoms with E-state index >= 15 is 0 Å². The van der Waals surface area contributed by atoms with Gasteiger partial charge in [-0.1, -0.05) is 0 Å². The lowest BCUT2D eigenvalue weighted by molar-refractivity contribution is -0.121. The molecule has 0 bridgehead atoms. The van der Waals surface area contributed by atoms with Crippen molar-refractivity contribution in [3.63, 3.8) is 0 Å².